The number of likely N-dealkylation sites (tertiary alicyclic amines) is 1. The molecule has 1 amide bonds. The molecular formula is C18H19N3O2. The van der Waals surface area contributed by atoms with Gasteiger partial charge in [-0.1, -0.05) is 18.2 Å². The number of amides is 1. The average molecular weight is 309 g/mol. The number of furan rings is 1. The first-order chi connectivity index (χ1) is 11.2. The van der Waals surface area contributed by atoms with Crippen molar-refractivity contribution in [3.05, 3.63) is 53.5 Å². The van der Waals surface area contributed by atoms with Gasteiger partial charge in [0.05, 0.1) is 5.56 Å². The first kappa shape index (κ1) is 15.2. The van der Waals surface area contributed by atoms with Crippen molar-refractivity contribution in [2.24, 2.45) is 0 Å². The number of aryl methyl sites for hydroxylation is 1. The predicted octanol–water partition coefficient (Wildman–Crippen LogP) is 3.18. The molecule has 1 aromatic carbocycles. The Bertz CT molecular complexity index is 730. The van der Waals surface area contributed by atoms with E-state index in [-0.39, 0.29) is 17.7 Å². The van der Waals surface area contributed by atoms with E-state index in [1.165, 1.54) is 6.07 Å². The number of carbonyl (C=O) groups excluding carboxylic acids is 1. The molecule has 1 aromatic heterocycles. The monoisotopic (exact) mass is 309 g/mol. The van der Waals surface area contributed by atoms with Crippen molar-refractivity contribution in [2.45, 2.75) is 25.8 Å². The largest absolute Gasteiger partial charge is 0.450 e. The zero-order valence-electron chi connectivity index (χ0n) is 13.1. The number of nitriles is 1. The van der Waals surface area contributed by atoms with E-state index in [1.54, 1.807) is 6.92 Å². The summed E-state index contributed by atoms with van der Waals surface area (Å²) in [5.74, 6) is 0.624. The van der Waals surface area contributed by atoms with Crippen LogP contribution in [0.5, 0.6) is 0 Å². The topological polar surface area (TPSA) is 69.3 Å². The van der Waals surface area contributed by atoms with Gasteiger partial charge in [0.1, 0.15) is 11.8 Å². The van der Waals surface area contributed by atoms with Gasteiger partial charge < -0.3 is 14.6 Å². The molecule has 1 aliphatic heterocycles. The summed E-state index contributed by atoms with van der Waals surface area (Å²) in [6.07, 6.45) is 1.99. The van der Waals surface area contributed by atoms with Crippen LogP contribution in [0.25, 0.3) is 0 Å². The smallest absolute Gasteiger partial charge is 0.257 e. The van der Waals surface area contributed by atoms with E-state index in [4.69, 9.17) is 9.68 Å². The third kappa shape index (κ3) is 3.37. The van der Waals surface area contributed by atoms with Crippen molar-refractivity contribution in [1.29, 1.82) is 5.26 Å². The molecule has 23 heavy (non-hydrogen) atoms. The fourth-order valence-corrected chi connectivity index (χ4v) is 2.97. The Morgan fingerprint density at radius 1 is 1.39 bits per heavy atom. The first-order valence-corrected chi connectivity index (χ1v) is 7.79. The first-order valence-electron chi connectivity index (χ1n) is 7.79. The fraction of sp³-hybridized carbons (Fsp3) is 0.333. The second kappa shape index (κ2) is 6.57. The van der Waals surface area contributed by atoms with Gasteiger partial charge in [-0.15, -0.1) is 0 Å². The van der Waals surface area contributed by atoms with Crippen molar-refractivity contribution in [3.63, 3.8) is 0 Å². The summed E-state index contributed by atoms with van der Waals surface area (Å²) in [5, 5.41) is 12.4. The van der Waals surface area contributed by atoms with E-state index >= 15 is 0 Å². The molecule has 0 bridgehead atoms. The Hall–Kier alpha value is -2.74. The number of nitrogens with one attached hydrogen (secondary N) is 1. The summed E-state index contributed by atoms with van der Waals surface area (Å²) in [7, 11) is 0. The average Bonchev–Trinajstić information content (AvgIpc) is 2.96. The zero-order valence-corrected chi connectivity index (χ0v) is 13.1. The minimum Gasteiger partial charge on any atom is -0.450 e. The lowest BCUT2D eigenvalue weighted by molar-refractivity contribution is 0.0713. The molecule has 0 aliphatic carbocycles. The van der Waals surface area contributed by atoms with Gasteiger partial charge in [-0.25, -0.2) is 0 Å². The number of rotatable bonds is 3. The van der Waals surface area contributed by atoms with Crippen molar-refractivity contribution in [2.75, 3.05) is 18.4 Å². The minimum absolute atomic E-state index is 0.0627. The summed E-state index contributed by atoms with van der Waals surface area (Å²) in [6.45, 7) is 3.11. The molecule has 1 aliphatic rings. The maximum Gasteiger partial charge on any atom is 0.257 e. The van der Waals surface area contributed by atoms with Crippen LogP contribution in [0.4, 0.5) is 5.69 Å². The van der Waals surface area contributed by atoms with Crippen LogP contribution in [-0.2, 0) is 0 Å². The SMILES string of the molecule is Cc1oc(C#N)cc1C(=O)N1CCC[C@H](Nc2ccccc2)C1. The Kier molecular flexibility index (Phi) is 4.33. The summed E-state index contributed by atoms with van der Waals surface area (Å²) in [6, 6.07) is 13.7. The van der Waals surface area contributed by atoms with Crippen LogP contribution in [0.15, 0.2) is 40.8 Å². The lowest BCUT2D eigenvalue weighted by Gasteiger charge is -2.33. The van der Waals surface area contributed by atoms with Crippen LogP contribution >= 0.6 is 0 Å². The van der Waals surface area contributed by atoms with Gasteiger partial charge in [-0.05, 0) is 31.9 Å². The van der Waals surface area contributed by atoms with Crippen molar-refractivity contribution >= 4 is 11.6 Å². The summed E-state index contributed by atoms with van der Waals surface area (Å²) < 4.78 is 5.27. The molecule has 5 heteroatoms. The zero-order chi connectivity index (χ0) is 16.2. The summed E-state index contributed by atoms with van der Waals surface area (Å²) in [4.78, 5) is 14.5. The Balaban J connectivity index is 1.69. The molecule has 0 radical (unpaired) electrons. The number of hydrogen-bond donors (Lipinski definition) is 1. The molecule has 5 nitrogen and oxygen atoms in total. The molecule has 1 fully saturated rings. The molecule has 0 unspecified atom stereocenters. The van der Waals surface area contributed by atoms with E-state index in [1.807, 2.05) is 41.3 Å². The van der Waals surface area contributed by atoms with Crippen LogP contribution in [0.3, 0.4) is 0 Å². The molecule has 1 saturated heterocycles. The van der Waals surface area contributed by atoms with Gasteiger partial charge in [0.2, 0.25) is 5.76 Å². The maximum atomic E-state index is 12.7. The number of piperidine rings is 1. The number of benzene rings is 1. The molecule has 118 valence electrons. The fourth-order valence-electron chi connectivity index (χ4n) is 2.97. The maximum absolute atomic E-state index is 12.7. The highest BCUT2D eigenvalue weighted by Gasteiger charge is 2.26. The van der Waals surface area contributed by atoms with Crippen LogP contribution in [0.1, 0.15) is 34.7 Å². The predicted molar refractivity (Wildman–Crippen MR) is 87.2 cm³/mol. The lowest BCUT2D eigenvalue weighted by Crippen LogP contribution is -2.45. The number of para-hydroxylation sites is 1. The van der Waals surface area contributed by atoms with Gasteiger partial charge in [-0.3, -0.25) is 4.79 Å². The molecule has 1 N–H and O–H groups in total. The van der Waals surface area contributed by atoms with Gasteiger partial charge in [0, 0.05) is 30.9 Å². The van der Waals surface area contributed by atoms with E-state index < -0.39 is 0 Å². The van der Waals surface area contributed by atoms with Gasteiger partial charge in [0.15, 0.2) is 0 Å². The van der Waals surface area contributed by atoms with Crippen LogP contribution in [0, 0.1) is 18.3 Å². The molecule has 2 aromatic rings. The number of carbonyl (C=O) groups is 1. The van der Waals surface area contributed by atoms with E-state index in [0.29, 0.717) is 17.9 Å². The Morgan fingerprint density at radius 2 is 2.17 bits per heavy atom. The van der Waals surface area contributed by atoms with Gasteiger partial charge >= 0.3 is 0 Å². The molecular weight excluding hydrogens is 290 g/mol. The highest BCUT2D eigenvalue weighted by atomic mass is 16.3. The third-order valence-electron chi connectivity index (χ3n) is 4.11. The molecule has 3 rings (SSSR count). The number of anilines is 1. The highest BCUT2D eigenvalue weighted by molar-refractivity contribution is 5.95. The van der Waals surface area contributed by atoms with Crippen molar-refractivity contribution in [1.82, 2.24) is 4.90 Å². The summed E-state index contributed by atoms with van der Waals surface area (Å²) >= 11 is 0. The van der Waals surface area contributed by atoms with E-state index in [9.17, 15) is 4.79 Å². The third-order valence-corrected chi connectivity index (χ3v) is 4.11. The standard InChI is InChI=1S/C18H19N3O2/c1-13-17(10-16(11-19)23-13)18(22)21-9-5-8-15(12-21)20-14-6-3-2-4-7-14/h2-4,6-7,10,15,20H,5,8-9,12H2,1H3/t15-/m0/s1. The second-order valence-corrected chi connectivity index (χ2v) is 5.79. The number of hydrogen-bond acceptors (Lipinski definition) is 4. The van der Waals surface area contributed by atoms with Crippen molar-refractivity contribution < 1.29 is 9.21 Å². The van der Waals surface area contributed by atoms with Gasteiger partial charge in [0.25, 0.3) is 5.91 Å². The quantitative estimate of drug-likeness (QED) is 0.945. The van der Waals surface area contributed by atoms with Crippen molar-refractivity contribution in [3.8, 4) is 6.07 Å². The molecule has 2 heterocycles. The Morgan fingerprint density at radius 3 is 2.87 bits per heavy atom. The normalized spacial score (nSPS) is 17.6. The minimum atomic E-state index is -0.0627. The van der Waals surface area contributed by atoms with Crippen LogP contribution in [0.2, 0.25) is 0 Å². The number of nitrogens with zero attached hydrogens (tertiary/aromatic N) is 2. The van der Waals surface area contributed by atoms with Crippen LogP contribution in [-0.4, -0.2) is 29.9 Å². The second-order valence-electron chi connectivity index (χ2n) is 5.79. The van der Waals surface area contributed by atoms with E-state index in [2.05, 4.69) is 5.32 Å². The van der Waals surface area contributed by atoms with Gasteiger partial charge in [-0.2, -0.15) is 5.26 Å². The highest BCUT2D eigenvalue weighted by Crippen LogP contribution is 2.21. The van der Waals surface area contributed by atoms with E-state index in [0.717, 1.165) is 25.1 Å². The summed E-state index contributed by atoms with van der Waals surface area (Å²) in [5.41, 5.74) is 1.56. The molecule has 0 spiro atoms. The molecule has 0 saturated carbocycles. The van der Waals surface area contributed by atoms with Crippen LogP contribution < -0.4 is 5.32 Å². The lowest BCUT2D eigenvalue weighted by atomic mass is 10.0. The Labute approximate surface area is 135 Å². The molecule has 1 atom stereocenters.